The van der Waals surface area contributed by atoms with Gasteiger partial charge in [0.25, 0.3) is 5.91 Å². The minimum Gasteiger partial charge on any atom is -0.485 e. The number of carbonyl (C=O) groups excluding carboxylic acids is 1. The first kappa shape index (κ1) is 17.8. The maximum atomic E-state index is 11.8. The highest BCUT2D eigenvalue weighted by Gasteiger charge is 2.07. The second-order valence-electron chi connectivity index (χ2n) is 5.21. The molecule has 0 spiro atoms. The van der Waals surface area contributed by atoms with E-state index in [9.17, 15) is 4.79 Å². The molecule has 0 aliphatic carbocycles. The van der Waals surface area contributed by atoms with E-state index in [1.807, 2.05) is 55.5 Å². The van der Waals surface area contributed by atoms with E-state index in [1.165, 1.54) is 0 Å². The van der Waals surface area contributed by atoms with Crippen molar-refractivity contribution in [3.8, 4) is 11.5 Å². The van der Waals surface area contributed by atoms with Crippen LogP contribution in [-0.4, -0.2) is 32.1 Å². The van der Waals surface area contributed by atoms with Crippen LogP contribution in [0.25, 0.3) is 0 Å². The fourth-order valence-corrected chi connectivity index (χ4v) is 2.09. The number of amides is 1. The molecule has 128 valence electrons. The number of ether oxygens (including phenoxy) is 2. The zero-order valence-corrected chi connectivity index (χ0v) is 14.0. The number of benzene rings is 2. The third kappa shape index (κ3) is 6.30. The lowest BCUT2D eigenvalue weighted by atomic mass is 10.2. The van der Waals surface area contributed by atoms with Gasteiger partial charge < -0.3 is 20.1 Å². The van der Waals surface area contributed by atoms with Crippen molar-refractivity contribution < 1.29 is 14.3 Å². The molecule has 0 aliphatic rings. The summed E-state index contributed by atoms with van der Waals surface area (Å²) in [6.07, 6.45) is 0. The highest BCUT2D eigenvalue weighted by Crippen LogP contribution is 2.27. The fourth-order valence-electron chi connectivity index (χ4n) is 2.09. The van der Waals surface area contributed by atoms with E-state index in [0.29, 0.717) is 24.7 Å². The van der Waals surface area contributed by atoms with Crippen LogP contribution in [0.3, 0.4) is 0 Å². The Balaban J connectivity index is 1.81. The molecule has 24 heavy (non-hydrogen) atoms. The van der Waals surface area contributed by atoms with E-state index in [1.54, 1.807) is 6.07 Å². The molecule has 0 aromatic heterocycles. The Morgan fingerprint density at radius 2 is 1.58 bits per heavy atom. The highest BCUT2D eigenvalue weighted by atomic mass is 16.5. The number of likely N-dealkylation sites (N-methyl/N-ethyl adjacent to an activating group) is 1. The van der Waals surface area contributed by atoms with Gasteiger partial charge in [-0.1, -0.05) is 49.4 Å². The number of hydrogen-bond acceptors (Lipinski definition) is 4. The van der Waals surface area contributed by atoms with Crippen molar-refractivity contribution >= 4 is 5.91 Å². The summed E-state index contributed by atoms with van der Waals surface area (Å²) in [6.45, 7) is 4.67. The SMILES string of the molecule is CCNCCNC(=O)COc1ccccc1OCc1ccccc1. The number of para-hydroxylation sites is 2. The Labute approximate surface area is 143 Å². The van der Waals surface area contributed by atoms with E-state index in [-0.39, 0.29) is 12.5 Å². The van der Waals surface area contributed by atoms with Crippen molar-refractivity contribution in [2.45, 2.75) is 13.5 Å². The molecule has 2 N–H and O–H groups in total. The minimum absolute atomic E-state index is 0.0299. The van der Waals surface area contributed by atoms with Crippen LogP contribution in [0.15, 0.2) is 54.6 Å². The largest absolute Gasteiger partial charge is 0.485 e. The predicted octanol–water partition coefficient (Wildman–Crippen LogP) is 2.37. The van der Waals surface area contributed by atoms with Crippen molar-refractivity contribution in [3.05, 3.63) is 60.2 Å². The number of rotatable bonds is 10. The summed E-state index contributed by atoms with van der Waals surface area (Å²) < 4.78 is 11.4. The topological polar surface area (TPSA) is 59.6 Å². The molecule has 2 rings (SSSR count). The van der Waals surface area contributed by atoms with E-state index in [2.05, 4.69) is 10.6 Å². The molecule has 2 aromatic rings. The van der Waals surface area contributed by atoms with E-state index in [0.717, 1.165) is 18.7 Å². The first-order valence-corrected chi connectivity index (χ1v) is 8.15. The van der Waals surface area contributed by atoms with Gasteiger partial charge in [0, 0.05) is 13.1 Å². The summed E-state index contributed by atoms with van der Waals surface area (Å²) >= 11 is 0. The lowest BCUT2D eigenvalue weighted by Crippen LogP contribution is -2.34. The summed E-state index contributed by atoms with van der Waals surface area (Å²) in [5, 5.41) is 5.94. The normalized spacial score (nSPS) is 10.2. The number of nitrogens with one attached hydrogen (secondary N) is 2. The van der Waals surface area contributed by atoms with Crippen molar-refractivity contribution in [3.63, 3.8) is 0 Å². The quantitative estimate of drug-likeness (QED) is 0.658. The second-order valence-corrected chi connectivity index (χ2v) is 5.21. The maximum absolute atomic E-state index is 11.8. The van der Waals surface area contributed by atoms with E-state index >= 15 is 0 Å². The second kappa shape index (κ2) is 10.3. The first-order chi connectivity index (χ1) is 11.8. The van der Waals surface area contributed by atoms with Gasteiger partial charge in [0.2, 0.25) is 0 Å². The van der Waals surface area contributed by atoms with Crippen LogP contribution in [0.4, 0.5) is 0 Å². The third-order valence-corrected chi connectivity index (χ3v) is 3.32. The molecular formula is C19H24N2O3. The summed E-state index contributed by atoms with van der Waals surface area (Å²) in [5.41, 5.74) is 1.08. The Bertz CT molecular complexity index is 617. The van der Waals surface area contributed by atoms with Crippen LogP contribution in [-0.2, 0) is 11.4 Å². The van der Waals surface area contributed by atoms with Gasteiger partial charge in [0.15, 0.2) is 18.1 Å². The Morgan fingerprint density at radius 1 is 0.917 bits per heavy atom. The van der Waals surface area contributed by atoms with Crippen LogP contribution in [0, 0.1) is 0 Å². The summed E-state index contributed by atoms with van der Waals surface area (Å²) in [5.74, 6) is 1.04. The van der Waals surface area contributed by atoms with Crippen molar-refractivity contribution in [2.75, 3.05) is 26.2 Å². The molecule has 0 atom stereocenters. The molecule has 0 heterocycles. The lowest BCUT2D eigenvalue weighted by Gasteiger charge is -2.13. The lowest BCUT2D eigenvalue weighted by molar-refractivity contribution is -0.123. The van der Waals surface area contributed by atoms with Crippen LogP contribution < -0.4 is 20.1 Å². The Hall–Kier alpha value is -2.53. The smallest absolute Gasteiger partial charge is 0.257 e. The summed E-state index contributed by atoms with van der Waals surface area (Å²) in [6, 6.07) is 17.3. The molecule has 0 unspecified atom stereocenters. The molecule has 0 saturated heterocycles. The van der Waals surface area contributed by atoms with Crippen LogP contribution in [0.2, 0.25) is 0 Å². The average Bonchev–Trinajstić information content (AvgIpc) is 2.63. The first-order valence-electron chi connectivity index (χ1n) is 8.15. The monoisotopic (exact) mass is 328 g/mol. The molecule has 0 radical (unpaired) electrons. The van der Waals surface area contributed by atoms with E-state index < -0.39 is 0 Å². The molecule has 0 saturated carbocycles. The fraction of sp³-hybridized carbons (Fsp3) is 0.316. The van der Waals surface area contributed by atoms with Gasteiger partial charge in [-0.2, -0.15) is 0 Å². The van der Waals surface area contributed by atoms with Crippen LogP contribution in [0.5, 0.6) is 11.5 Å². The number of hydrogen-bond donors (Lipinski definition) is 2. The van der Waals surface area contributed by atoms with Gasteiger partial charge >= 0.3 is 0 Å². The Morgan fingerprint density at radius 3 is 2.29 bits per heavy atom. The van der Waals surface area contributed by atoms with Gasteiger partial charge in [-0.05, 0) is 24.2 Å². The standard InChI is InChI=1S/C19H24N2O3/c1-2-20-12-13-21-19(22)15-24-18-11-7-6-10-17(18)23-14-16-8-4-3-5-9-16/h3-11,20H,2,12-15H2,1H3,(H,21,22). The number of carbonyl (C=O) groups is 1. The average molecular weight is 328 g/mol. The highest BCUT2D eigenvalue weighted by molar-refractivity contribution is 5.77. The molecule has 0 aliphatic heterocycles. The van der Waals surface area contributed by atoms with Crippen molar-refractivity contribution in [1.29, 1.82) is 0 Å². The molecule has 5 heteroatoms. The summed E-state index contributed by atoms with van der Waals surface area (Å²) in [4.78, 5) is 11.8. The molecule has 2 aromatic carbocycles. The minimum atomic E-state index is -0.147. The molecule has 1 amide bonds. The zero-order chi connectivity index (χ0) is 17.0. The van der Waals surface area contributed by atoms with Gasteiger partial charge in [0.05, 0.1) is 0 Å². The van der Waals surface area contributed by atoms with Gasteiger partial charge in [-0.3, -0.25) is 4.79 Å². The molecule has 5 nitrogen and oxygen atoms in total. The molecule has 0 fully saturated rings. The summed E-state index contributed by atoms with van der Waals surface area (Å²) in [7, 11) is 0. The Kier molecular flexibility index (Phi) is 7.63. The van der Waals surface area contributed by atoms with Gasteiger partial charge in [-0.15, -0.1) is 0 Å². The van der Waals surface area contributed by atoms with Crippen molar-refractivity contribution in [1.82, 2.24) is 10.6 Å². The van der Waals surface area contributed by atoms with Gasteiger partial charge in [0.1, 0.15) is 6.61 Å². The third-order valence-electron chi connectivity index (χ3n) is 3.32. The zero-order valence-electron chi connectivity index (χ0n) is 14.0. The van der Waals surface area contributed by atoms with E-state index in [4.69, 9.17) is 9.47 Å². The van der Waals surface area contributed by atoms with Gasteiger partial charge in [-0.25, -0.2) is 0 Å². The molecule has 0 bridgehead atoms. The van der Waals surface area contributed by atoms with Crippen LogP contribution >= 0.6 is 0 Å². The maximum Gasteiger partial charge on any atom is 0.257 e. The van der Waals surface area contributed by atoms with Crippen molar-refractivity contribution in [2.24, 2.45) is 0 Å². The molecular weight excluding hydrogens is 304 g/mol. The van der Waals surface area contributed by atoms with Crippen LogP contribution in [0.1, 0.15) is 12.5 Å². The predicted molar refractivity (Wildman–Crippen MR) is 94.3 cm³/mol.